The average Bonchev–Trinajstić information content (AvgIpc) is 2.32. The smallest absolute Gasteiger partial charge is 0.0702 e. The SMILES string of the molecule is CC1CN(c2ccc(Br)cc2CO)CCN1C. The fraction of sp³-hybridized carbons (Fsp3) is 0.538. The van der Waals surface area contributed by atoms with Crippen LogP contribution >= 0.6 is 15.9 Å². The zero-order chi connectivity index (χ0) is 12.4. The highest BCUT2D eigenvalue weighted by Crippen LogP contribution is 2.26. The molecule has 1 aliphatic heterocycles. The third-order valence-corrected chi connectivity index (χ3v) is 4.01. The molecule has 1 aromatic rings. The second-order valence-electron chi connectivity index (χ2n) is 4.71. The van der Waals surface area contributed by atoms with Crippen LogP contribution in [0.1, 0.15) is 12.5 Å². The summed E-state index contributed by atoms with van der Waals surface area (Å²) in [6.45, 7) is 5.45. The number of aliphatic hydroxyl groups is 1. The minimum atomic E-state index is 0.0928. The van der Waals surface area contributed by atoms with Gasteiger partial charge in [-0.05, 0) is 32.2 Å². The van der Waals surface area contributed by atoms with E-state index in [0.717, 1.165) is 35.4 Å². The second-order valence-corrected chi connectivity index (χ2v) is 5.62. The summed E-state index contributed by atoms with van der Waals surface area (Å²) in [6.07, 6.45) is 0. The Hall–Kier alpha value is -0.580. The van der Waals surface area contributed by atoms with Crippen molar-refractivity contribution in [2.24, 2.45) is 0 Å². The molecule has 3 nitrogen and oxygen atoms in total. The van der Waals surface area contributed by atoms with E-state index in [4.69, 9.17) is 0 Å². The van der Waals surface area contributed by atoms with Gasteiger partial charge in [-0.3, -0.25) is 0 Å². The van der Waals surface area contributed by atoms with Gasteiger partial charge < -0.3 is 14.9 Å². The normalized spacial score (nSPS) is 21.9. The van der Waals surface area contributed by atoms with Gasteiger partial charge in [-0.1, -0.05) is 15.9 Å². The summed E-state index contributed by atoms with van der Waals surface area (Å²) in [7, 11) is 2.16. The third kappa shape index (κ3) is 2.81. The van der Waals surface area contributed by atoms with E-state index in [2.05, 4.69) is 45.8 Å². The summed E-state index contributed by atoms with van der Waals surface area (Å²) in [5.41, 5.74) is 2.16. The Morgan fingerprint density at radius 3 is 2.82 bits per heavy atom. The van der Waals surface area contributed by atoms with E-state index in [1.165, 1.54) is 0 Å². The number of anilines is 1. The highest BCUT2D eigenvalue weighted by atomic mass is 79.9. The molecule has 1 saturated heterocycles. The van der Waals surface area contributed by atoms with E-state index in [1.807, 2.05) is 12.1 Å². The van der Waals surface area contributed by atoms with Crippen LogP contribution in [0.15, 0.2) is 22.7 Å². The largest absolute Gasteiger partial charge is 0.392 e. The van der Waals surface area contributed by atoms with Gasteiger partial charge in [-0.15, -0.1) is 0 Å². The molecule has 0 bridgehead atoms. The molecule has 0 amide bonds. The van der Waals surface area contributed by atoms with Crippen LogP contribution in [-0.4, -0.2) is 42.7 Å². The molecule has 1 aromatic carbocycles. The van der Waals surface area contributed by atoms with E-state index in [1.54, 1.807) is 0 Å². The van der Waals surface area contributed by atoms with Crippen LogP contribution in [-0.2, 0) is 6.61 Å². The number of aliphatic hydroxyl groups excluding tert-OH is 1. The Morgan fingerprint density at radius 1 is 1.41 bits per heavy atom. The molecule has 0 saturated carbocycles. The van der Waals surface area contributed by atoms with E-state index in [-0.39, 0.29) is 6.61 Å². The molecule has 1 heterocycles. The third-order valence-electron chi connectivity index (χ3n) is 3.51. The maximum atomic E-state index is 9.43. The minimum absolute atomic E-state index is 0.0928. The molecule has 0 aromatic heterocycles. The molecule has 1 fully saturated rings. The van der Waals surface area contributed by atoms with Crippen LogP contribution in [0.5, 0.6) is 0 Å². The Bertz CT molecular complexity index is 397. The maximum absolute atomic E-state index is 9.43. The number of halogens is 1. The fourth-order valence-corrected chi connectivity index (χ4v) is 2.66. The molecule has 1 atom stereocenters. The number of piperazine rings is 1. The van der Waals surface area contributed by atoms with Crippen LogP contribution in [0, 0.1) is 0 Å². The van der Waals surface area contributed by atoms with Crippen molar-refractivity contribution in [1.82, 2.24) is 4.90 Å². The number of benzene rings is 1. The molecule has 1 N–H and O–H groups in total. The zero-order valence-electron chi connectivity index (χ0n) is 10.4. The lowest BCUT2D eigenvalue weighted by atomic mass is 10.1. The lowest BCUT2D eigenvalue weighted by Crippen LogP contribution is -2.50. The Kier molecular flexibility index (Phi) is 4.07. The molecule has 17 heavy (non-hydrogen) atoms. The molecule has 1 unspecified atom stereocenters. The van der Waals surface area contributed by atoms with Crippen molar-refractivity contribution < 1.29 is 5.11 Å². The van der Waals surface area contributed by atoms with Crippen LogP contribution in [0.4, 0.5) is 5.69 Å². The first kappa shape index (κ1) is 12.9. The number of rotatable bonds is 2. The van der Waals surface area contributed by atoms with Gasteiger partial charge >= 0.3 is 0 Å². The molecule has 0 aliphatic carbocycles. The van der Waals surface area contributed by atoms with Crippen molar-refractivity contribution in [2.45, 2.75) is 19.6 Å². The number of hydrogen-bond acceptors (Lipinski definition) is 3. The molecule has 2 rings (SSSR count). The van der Waals surface area contributed by atoms with Gasteiger partial charge in [0.25, 0.3) is 0 Å². The van der Waals surface area contributed by atoms with Crippen LogP contribution in [0.2, 0.25) is 0 Å². The fourth-order valence-electron chi connectivity index (χ4n) is 2.26. The summed E-state index contributed by atoms with van der Waals surface area (Å²) >= 11 is 3.44. The first-order valence-electron chi connectivity index (χ1n) is 5.96. The number of nitrogens with zero attached hydrogens (tertiary/aromatic N) is 2. The highest BCUT2D eigenvalue weighted by molar-refractivity contribution is 9.10. The van der Waals surface area contributed by atoms with E-state index in [0.29, 0.717) is 6.04 Å². The van der Waals surface area contributed by atoms with Gasteiger partial charge in [-0.2, -0.15) is 0 Å². The van der Waals surface area contributed by atoms with Crippen molar-refractivity contribution in [2.75, 3.05) is 31.6 Å². The summed E-state index contributed by atoms with van der Waals surface area (Å²) in [5.74, 6) is 0. The standard InChI is InChI=1S/C13H19BrN2O/c1-10-8-16(6-5-15(10)2)13-4-3-12(14)7-11(13)9-17/h3-4,7,10,17H,5-6,8-9H2,1-2H3. The van der Waals surface area contributed by atoms with Crippen LogP contribution in [0.25, 0.3) is 0 Å². The predicted octanol–water partition coefficient (Wildman–Crippen LogP) is 2.08. The van der Waals surface area contributed by atoms with Gasteiger partial charge in [0.1, 0.15) is 0 Å². The van der Waals surface area contributed by atoms with Crippen molar-refractivity contribution in [1.29, 1.82) is 0 Å². The van der Waals surface area contributed by atoms with Gasteiger partial charge in [-0.25, -0.2) is 0 Å². The Labute approximate surface area is 111 Å². The summed E-state index contributed by atoms with van der Waals surface area (Å²) in [5, 5.41) is 9.43. The molecular formula is C13H19BrN2O. The van der Waals surface area contributed by atoms with Crippen molar-refractivity contribution in [3.63, 3.8) is 0 Å². The first-order valence-corrected chi connectivity index (χ1v) is 6.75. The molecule has 1 aliphatic rings. The summed E-state index contributed by atoms with van der Waals surface area (Å²) < 4.78 is 1.02. The van der Waals surface area contributed by atoms with Gasteiger partial charge in [0, 0.05) is 41.4 Å². The first-order chi connectivity index (χ1) is 8.11. The van der Waals surface area contributed by atoms with E-state index in [9.17, 15) is 5.11 Å². The number of hydrogen-bond donors (Lipinski definition) is 1. The zero-order valence-corrected chi connectivity index (χ0v) is 11.9. The molecule has 0 radical (unpaired) electrons. The second kappa shape index (κ2) is 5.38. The Morgan fingerprint density at radius 2 is 2.18 bits per heavy atom. The van der Waals surface area contributed by atoms with Crippen molar-refractivity contribution in [3.05, 3.63) is 28.2 Å². The monoisotopic (exact) mass is 298 g/mol. The Balaban J connectivity index is 2.22. The quantitative estimate of drug-likeness (QED) is 0.906. The molecular weight excluding hydrogens is 280 g/mol. The topological polar surface area (TPSA) is 26.7 Å². The lowest BCUT2D eigenvalue weighted by molar-refractivity contribution is 0.233. The van der Waals surface area contributed by atoms with Crippen molar-refractivity contribution >= 4 is 21.6 Å². The lowest BCUT2D eigenvalue weighted by Gasteiger charge is -2.39. The van der Waals surface area contributed by atoms with Gasteiger partial charge in [0.2, 0.25) is 0 Å². The summed E-state index contributed by atoms with van der Waals surface area (Å²) in [4.78, 5) is 4.73. The molecule has 94 valence electrons. The molecule has 4 heteroatoms. The van der Waals surface area contributed by atoms with Gasteiger partial charge in [0.15, 0.2) is 0 Å². The molecule has 0 spiro atoms. The van der Waals surface area contributed by atoms with E-state index >= 15 is 0 Å². The van der Waals surface area contributed by atoms with Crippen molar-refractivity contribution in [3.8, 4) is 0 Å². The highest BCUT2D eigenvalue weighted by Gasteiger charge is 2.22. The maximum Gasteiger partial charge on any atom is 0.0702 e. The minimum Gasteiger partial charge on any atom is -0.392 e. The predicted molar refractivity (Wildman–Crippen MR) is 74.4 cm³/mol. The van der Waals surface area contributed by atoms with Crippen LogP contribution < -0.4 is 4.90 Å². The number of likely N-dealkylation sites (N-methyl/N-ethyl adjacent to an activating group) is 1. The summed E-state index contributed by atoms with van der Waals surface area (Å²) in [6, 6.07) is 6.68. The van der Waals surface area contributed by atoms with E-state index < -0.39 is 0 Å². The van der Waals surface area contributed by atoms with Gasteiger partial charge in [0.05, 0.1) is 6.61 Å². The average molecular weight is 299 g/mol. The van der Waals surface area contributed by atoms with Crippen LogP contribution in [0.3, 0.4) is 0 Å².